The maximum absolute atomic E-state index is 14.1. The molecule has 4 rings (SSSR count). The van der Waals surface area contributed by atoms with Crippen LogP contribution in [0.3, 0.4) is 0 Å². The predicted molar refractivity (Wildman–Crippen MR) is 147 cm³/mol. The highest BCUT2D eigenvalue weighted by Gasteiger charge is 2.35. The quantitative estimate of drug-likeness (QED) is 0.189. The predicted octanol–water partition coefficient (Wildman–Crippen LogP) is 7.67. The normalized spacial score (nSPS) is 14.7. The van der Waals surface area contributed by atoms with Crippen molar-refractivity contribution in [1.82, 2.24) is 4.90 Å². The second-order valence-corrected chi connectivity index (χ2v) is 10.9. The van der Waals surface area contributed by atoms with Crippen LogP contribution in [0.4, 0.5) is 9.18 Å². The van der Waals surface area contributed by atoms with E-state index in [-0.39, 0.29) is 34.9 Å². The molecule has 1 aliphatic heterocycles. The lowest BCUT2D eigenvalue weighted by Crippen LogP contribution is -2.27. The number of hydrogen-bond donors (Lipinski definition) is 0. The molecule has 1 heterocycles. The average Bonchev–Trinajstić information content (AvgIpc) is 3.08. The first-order valence-corrected chi connectivity index (χ1v) is 13.3. The van der Waals surface area contributed by atoms with E-state index in [1.54, 1.807) is 24.3 Å². The van der Waals surface area contributed by atoms with Crippen molar-refractivity contribution in [3.8, 4) is 11.5 Å². The zero-order valence-corrected chi connectivity index (χ0v) is 23.5. The van der Waals surface area contributed by atoms with E-state index in [4.69, 9.17) is 21.1 Å². The SMILES string of the molecule is COc1cc(/C=C2\SC(=O)N(Cc3ccc(Br)cc3)C2=O)cc(I)c1OCc1c(F)cccc1Cl. The molecule has 35 heavy (non-hydrogen) atoms. The van der Waals surface area contributed by atoms with Crippen LogP contribution in [0.25, 0.3) is 6.08 Å². The number of carbonyl (C=O) groups is 2. The highest BCUT2D eigenvalue weighted by molar-refractivity contribution is 14.1. The molecule has 0 atom stereocenters. The fourth-order valence-corrected chi connectivity index (χ4v) is 5.44. The molecule has 2 amide bonds. The van der Waals surface area contributed by atoms with Gasteiger partial charge in [0.05, 0.1) is 27.2 Å². The molecule has 0 bridgehead atoms. The van der Waals surface area contributed by atoms with Crippen molar-refractivity contribution in [2.75, 3.05) is 7.11 Å². The van der Waals surface area contributed by atoms with Gasteiger partial charge in [-0.25, -0.2) is 4.39 Å². The van der Waals surface area contributed by atoms with Crippen LogP contribution in [-0.4, -0.2) is 23.2 Å². The Balaban J connectivity index is 1.54. The van der Waals surface area contributed by atoms with Crippen LogP contribution in [0.5, 0.6) is 11.5 Å². The Morgan fingerprint density at radius 1 is 1.17 bits per heavy atom. The van der Waals surface area contributed by atoms with E-state index in [0.29, 0.717) is 25.5 Å². The van der Waals surface area contributed by atoms with Gasteiger partial charge in [-0.2, -0.15) is 0 Å². The minimum absolute atomic E-state index is 0.0772. The molecule has 3 aromatic carbocycles. The van der Waals surface area contributed by atoms with Gasteiger partial charge in [0.2, 0.25) is 0 Å². The maximum Gasteiger partial charge on any atom is 0.293 e. The smallest absolute Gasteiger partial charge is 0.293 e. The van der Waals surface area contributed by atoms with Crippen LogP contribution in [-0.2, 0) is 17.9 Å². The zero-order valence-electron chi connectivity index (χ0n) is 18.2. The van der Waals surface area contributed by atoms with Crippen LogP contribution >= 0.6 is 61.9 Å². The third kappa shape index (κ3) is 6.02. The number of hydrogen-bond acceptors (Lipinski definition) is 5. The van der Waals surface area contributed by atoms with Crippen molar-refractivity contribution in [2.24, 2.45) is 0 Å². The zero-order chi connectivity index (χ0) is 25.1. The summed E-state index contributed by atoms with van der Waals surface area (Å²) in [5.41, 5.74) is 1.76. The molecule has 1 saturated heterocycles. The summed E-state index contributed by atoms with van der Waals surface area (Å²) in [7, 11) is 1.49. The highest BCUT2D eigenvalue weighted by atomic mass is 127. The fourth-order valence-electron chi connectivity index (χ4n) is 3.34. The lowest BCUT2D eigenvalue weighted by atomic mass is 10.1. The second-order valence-electron chi connectivity index (χ2n) is 7.42. The molecular weight excluding hydrogens is 672 g/mol. The third-order valence-electron chi connectivity index (χ3n) is 5.10. The van der Waals surface area contributed by atoms with Crippen molar-refractivity contribution in [1.29, 1.82) is 0 Å². The fraction of sp³-hybridized carbons (Fsp3) is 0.120. The van der Waals surface area contributed by atoms with E-state index in [2.05, 4.69) is 38.5 Å². The van der Waals surface area contributed by atoms with Gasteiger partial charge in [-0.3, -0.25) is 14.5 Å². The largest absolute Gasteiger partial charge is 0.493 e. The van der Waals surface area contributed by atoms with Gasteiger partial charge in [0, 0.05) is 10.0 Å². The van der Waals surface area contributed by atoms with E-state index >= 15 is 0 Å². The minimum Gasteiger partial charge on any atom is -0.493 e. The molecular formula is C25H17BrClFINO4S. The van der Waals surface area contributed by atoms with Gasteiger partial charge >= 0.3 is 0 Å². The first-order chi connectivity index (χ1) is 16.8. The number of methoxy groups -OCH3 is 1. The summed E-state index contributed by atoms with van der Waals surface area (Å²) in [6.45, 7) is 0.119. The van der Waals surface area contributed by atoms with Crippen LogP contribution in [0.2, 0.25) is 5.02 Å². The van der Waals surface area contributed by atoms with Gasteiger partial charge in [0.25, 0.3) is 11.1 Å². The van der Waals surface area contributed by atoms with Crippen molar-refractivity contribution in [2.45, 2.75) is 13.2 Å². The van der Waals surface area contributed by atoms with Crippen molar-refractivity contribution in [3.05, 3.63) is 95.1 Å². The van der Waals surface area contributed by atoms with Gasteiger partial charge in [-0.05, 0) is 88.0 Å². The Morgan fingerprint density at radius 2 is 1.91 bits per heavy atom. The van der Waals surface area contributed by atoms with Gasteiger partial charge < -0.3 is 9.47 Å². The van der Waals surface area contributed by atoms with Crippen LogP contribution in [0, 0.1) is 9.39 Å². The molecule has 0 radical (unpaired) electrons. The number of imide groups is 1. The van der Waals surface area contributed by atoms with E-state index in [0.717, 1.165) is 21.8 Å². The number of nitrogens with zero attached hydrogens (tertiary/aromatic N) is 1. The van der Waals surface area contributed by atoms with Crippen molar-refractivity contribution < 1.29 is 23.5 Å². The van der Waals surface area contributed by atoms with Gasteiger partial charge in [-0.15, -0.1) is 0 Å². The standard InChI is InChI=1S/C25H17BrClFINO4S/c1-33-21-10-15(9-20(29)23(21)34-13-17-18(27)3-2-4-19(17)28)11-22-24(31)30(25(32)35-22)12-14-5-7-16(26)8-6-14/h2-11H,12-13H2,1H3/b22-11-. The summed E-state index contributed by atoms with van der Waals surface area (Å²) in [6, 6.07) is 15.4. The Labute approximate surface area is 232 Å². The number of thioether (sulfide) groups is 1. The summed E-state index contributed by atoms with van der Waals surface area (Å²) in [5, 5.41) is -0.0537. The topological polar surface area (TPSA) is 55.8 Å². The minimum atomic E-state index is -0.457. The first kappa shape index (κ1) is 26.0. The van der Waals surface area contributed by atoms with E-state index < -0.39 is 5.82 Å². The number of rotatable bonds is 7. The molecule has 180 valence electrons. The number of amides is 2. The molecule has 5 nitrogen and oxygen atoms in total. The van der Waals surface area contributed by atoms with Crippen LogP contribution < -0.4 is 9.47 Å². The number of halogens is 4. The van der Waals surface area contributed by atoms with Crippen LogP contribution in [0.15, 0.2) is 64.0 Å². The van der Waals surface area contributed by atoms with E-state index in [1.165, 1.54) is 24.1 Å². The first-order valence-electron chi connectivity index (χ1n) is 10.2. The molecule has 0 saturated carbocycles. The van der Waals surface area contributed by atoms with E-state index in [1.807, 2.05) is 24.3 Å². The van der Waals surface area contributed by atoms with Gasteiger partial charge in [0.1, 0.15) is 12.4 Å². The number of benzene rings is 3. The molecule has 0 aromatic heterocycles. The second kappa shape index (κ2) is 11.3. The summed E-state index contributed by atoms with van der Waals surface area (Å²) in [4.78, 5) is 27.0. The molecule has 10 heteroatoms. The molecule has 1 fully saturated rings. The summed E-state index contributed by atoms with van der Waals surface area (Å²) in [5.74, 6) is 0.0194. The third-order valence-corrected chi connectivity index (χ3v) is 7.69. The maximum atomic E-state index is 14.1. The van der Waals surface area contributed by atoms with Gasteiger partial charge in [0.15, 0.2) is 11.5 Å². The number of ether oxygens (including phenoxy) is 2. The van der Waals surface area contributed by atoms with Crippen molar-refractivity contribution >= 4 is 79.1 Å². The molecule has 0 unspecified atom stereocenters. The summed E-state index contributed by atoms with van der Waals surface area (Å²) >= 11 is 12.4. The Morgan fingerprint density at radius 3 is 2.60 bits per heavy atom. The summed E-state index contributed by atoms with van der Waals surface area (Å²) in [6.07, 6.45) is 1.65. The summed E-state index contributed by atoms with van der Waals surface area (Å²) < 4.78 is 27.0. The monoisotopic (exact) mass is 687 g/mol. The van der Waals surface area contributed by atoms with Crippen LogP contribution in [0.1, 0.15) is 16.7 Å². The Bertz CT molecular complexity index is 1320. The lowest BCUT2D eigenvalue weighted by molar-refractivity contribution is -0.123. The Kier molecular flexibility index (Phi) is 8.41. The molecule has 0 spiro atoms. The average molecular weight is 689 g/mol. The molecule has 0 aliphatic carbocycles. The Hall–Kier alpha value is -2.08. The number of carbonyl (C=O) groups excluding carboxylic acids is 2. The lowest BCUT2D eigenvalue weighted by Gasteiger charge is -2.15. The molecule has 0 N–H and O–H groups in total. The van der Waals surface area contributed by atoms with Gasteiger partial charge in [-0.1, -0.05) is 45.7 Å². The molecule has 3 aromatic rings. The van der Waals surface area contributed by atoms with Crippen molar-refractivity contribution in [3.63, 3.8) is 0 Å². The molecule has 1 aliphatic rings. The highest BCUT2D eigenvalue weighted by Crippen LogP contribution is 2.38. The van der Waals surface area contributed by atoms with E-state index in [9.17, 15) is 14.0 Å².